The summed E-state index contributed by atoms with van der Waals surface area (Å²) in [6.07, 6.45) is 8.57. The van der Waals surface area contributed by atoms with Gasteiger partial charge in [0.15, 0.2) is 0 Å². The smallest absolute Gasteiger partial charge is 0.0207 e. The molecule has 1 fully saturated rings. The van der Waals surface area contributed by atoms with Crippen molar-refractivity contribution in [3.63, 3.8) is 0 Å². The maximum absolute atomic E-state index is 5.21. The minimum absolute atomic E-state index is 0.718. The summed E-state index contributed by atoms with van der Waals surface area (Å²) >= 11 is 0. The molecule has 1 N–H and O–H groups in total. The summed E-state index contributed by atoms with van der Waals surface area (Å²) in [7, 11) is 0. The number of nitrogens with one attached hydrogen (secondary N) is 1. The zero-order valence-corrected chi connectivity index (χ0v) is 8.55. The molecule has 0 bridgehead atoms. The van der Waals surface area contributed by atoms with Crippen molar-refractivity contribution in [1.82, 2.24) is 10.2 Å². The van der Waals surface area contributed by atoms with Gasteiger partial charge in [-0.05, 0) is 32.5 Å². The summed E-state index contributed by atoms with van der Waals surface area (Å²) in [5.41, 5.74) is 0. The fourth-order valence-electron chi connectivity index (χ4n) is 1.90. The first kappa shape index (κ1) is 10.6. The molecule has 13 heavy (non-hydrogen) atoms. The summed E-state index contributed by atoms with van der Waals surface area (Å²) < 4.78 is 0. The molecule has 0 spiro atoms. The quantitative estimate of drug-likeness (QED) is 0.503. The van der Waals surface area contributed by atoms with E-state index >= 15 is 0 Å². The van der Waals surface area contributed by atoms with Crippen LogP contribution < -0.4 is 5.32 Å². The van der Waals surface area contributed by atoms with Crippen molar-refractivity contribution >= 4 is 0 Å². The van der Waals surface area contributed by atoms with Crippen LogP contribution in [0.3, 0.4) is 0 Å². The Balaban J connectivity index is 2.07. The lowest BCUT2D eigenvalue weighted by Gasteiger charge is -2.15. The van der Waals surface area contributed by atoms with Gasteiger partial charge in [-0.3, -0.25) is 0 Å². The van der Waals surface area contributed by atoms with E-state index in [1.165, 1.54) is 26.1 Å². The van der Waals surface area contributed by atoms with Gasteiger partial charge in [0, 0.05) is 19.0 Å². The lowest BCUT2D eigenvalue weighted by Crippen LogP contribution is -2.32. The summed E-state index contributed by atoms with van der Waals surface area (Å²) in [4.78, 5) is 2.50. The fraction of sp³-hybridized carbons (Fsp3) is 0.818. The lowest BCUT2D eigenvalue weighted by molar-refractivity contribution is 0.325. The monoisotopic (exact) mass is 180 g/mol. The first-order valence-electron chi connectivity index (χ1n) is 5.26. The number of likely N-dealkylation sites (tertiary alicyclic amines) is 1. The molecule has 0 saturated carbocycles. The van der Waals surface area contributed by atoms with E-state index < -0.39 is 0 Å². The highest BCUT2D eigenvalue weighted by atomic mass is 15.2. The second-order valence-corrected chi connectivity index (χ2v) is 3.65. The van der Waals surface area contributed by atoms with Crippen LogP contribution in [0.5, 0.6) is 0 Å². The Bertz CT molecular complexity index is 171. The maximum Gasteiger partial charge on any atom is 0.0207 e. The minimum atomic E-state index is 0.718. The average molecular weight is 180 g/mol. The van der Waals surface area contributed by atoms with Crippen LogP contribution >= 0.6 is 0 Å². The number of likely N-dealkylation sites (N-methyl/N-ethyl adjacent to an activating group) is 1. The predicted molar refractivity (Wildman–Crippen MR) is 56.6 cm³/mol. The molecule has 1 aliphatic rings. The maximum atomic E-state index is 5.21. The summed E-state index contributed by atoms with van der Waals surface area (Å²) in [5.74, 6) is 2.69. The molecule has 1 aliphatic heterocycles. The van der Waals surface area contributed by atoms with Gasteiger partial charge in [0.1, 0.15) is 0 Å². The van der Waals surface area contributed by atoms with Crippen molar-refractivity contribution in [2.24, 2.45) is 0 Å². The third-order valence-electron chi connectivity index (χ3n) is 2.56. The van der Waals surface area contributed by atoms with Crippen molar-refractivity contribution in [3.8, 4) is 12.3 Å². The van der Waals surface area contributed by atoms with E-state index in [0.717, 1.165) is 25.4 Å². The van der Waals surface area contributed by atoms with Gasteiger partial charge >= 0.3 is 0 Å². The number of hydrogen-bond acceptors (Lipinski definition) is 2. The predicted octanol–water partition coefficient (Wildman–Crippen LogP) is 1.08. The van der Waals surface area contributed by atoms with Gasteiger partial charge in [-0.1, -0.05) is 6.92 Å². The molecule has 0 radical (unpaired) electrons. The van der Waals surface area contributed by atoms with Crippen LogP contribution in [-0.2, 0) is 0 Å². The summed E-state index contributed by atoms with van der Waals surface area (Å²) in [5, 5.41) is 3.48. The second-order valence-electron chi connectivity index (χ2n) is 3.65. The molecule has 0 aromatic carbocycles. The molecule has 0 aliphatic carbocycles. The van der Waals surface area contributed by atoms with Gasteiger partial charge in [0.2, 0.25) is 0 Å². The molecular formula is C11H20N2. The average Bonchev–Trinajstić information content (AvgIpc) is 2.54. The Morgan fingerprint density at radius 2 is 2.46 bits per heavy atom. The van der Waals surface area contributed by atoms with E-state index in [4.69, 9.17) is 6.42 Å². The Hall–Kier alpha value is -0.520. The highest BCUT2D eigenvalue weighted by Crippen LogP contribution is 2.09. The van der Waals surface area contributed by atoms with Crippen LogP contribution in [0.15, 0.2) is 0 Å². The lowest BCUT2D eigenvalue weighted by atomic mass is 10.3. The number of unbranched alkanes of at least 4 members (excludes halogenated alkanes) is 1. The van der Waals surface area contributed by atoms with Crippen molar-refractivity contribution in [1.29, 1.82) is 0 Å². The first-order valence-corrected chi connectivity index (χ1v) is 5.26. The number of terminal acetylenes is 1. The Kier molecular flexibility index (Phi) is 4.88. The summed E-state index contributed by atoms with van der Waals surface area (Å²) in [6.45, 7) is 6.87. The summed E-state index contributed by atoms with van der Waals surface area (Å²) in [6, 6.07) is 0.718. The normalized spacial score (nSPS) is 23.2. The molecular weight excluding hydrogens is 160 g/mol. The molecule has 0 aromatic rings. The molecule has 1 rings (SSSR count). The fourth-order valence-corrected chi connectivity index (χ4v) is 1.90. The van der Waals surface area contributed by atoms with E-state index in [0.29, 0.717) is 0 Å². The second kappa shape index (κ2) is 6.01. The Morgan fingerprint density at radius 3 is 3.15 bits per heavy atom. The number of hydrogen-bond donors (Lipinski definition) is 1. The Labute approximate surface area is 81.7 Å². The molecule has 2 heteroatoms. The zero-order valence-electron chi connectivity index (χ0n) is 8.55. The molecule has 1 atom stereocenters. The van der Waals surface area contributed by atoms with E-state index in [2.05, 4.69) is 23.1 Å². The molecule has 1 heterocycles. The van der Waals surface area contributed by atoms with E-state index in [-0.39, 0.29) is 0 Å². The van der Waals surface area contributed by atoms with Crippen molar-refractivity contribution in [2.45, 2.75) is 32.2 Å². The number of rotatable bonds is 5. The van der Waals surface area contributed by atoms with E-state index in [1.807, 2.05) is 0 Å². The van der Waals surface area contributed by atoms with Gasteiger partial charge in [-0.2, -0.15) is 0 Å². The highest BCUT2D eigenvalue weighted by Gasteiger charge is 2.20. The largest absolute Gasteiger partial charge is 0.313 e. The van der Waals surface area contributed by atoms with E-state index in [1.54, 1.807) is 0 Å². The van der Waals surface area contributed by atoms with Crippen LogP contribution in [-0.4, -0.2) is 37.1 Å². The standard InChI is InChI=1S/C11H20N2/c1-3-5-6-8-13-9-7-11(10-13)12-4-2/h1,11-12H,4-10H2,2H3. The third kappa shape index (κ3) is 3.80. The molecule has 0 aromatic heterocycles. The molecule has 1 saturated heterocycles. The van der Waals surface area contributed by atoms with Crippen LogP contribution in [0, 0.1) is 12.3 Å². The van der Waals surface area contributed by atoms with Crippen LogP contribution in [0.2, 0.25) is 0 Å². The van der Waals surface area contributed by atoms with Gasteiger partial charge < -0.3 is 10.2 Å². The van der Waals surface area contributed by atoms with Gasteiger partial charge in [0.25, 0.3) is 0 Å². The van der Waals surface area contributed by atoms with Gasteiger partial charge in [-0.15, -0.1) is 12.3 Å². The zero-order chi connectivity index (χ0) is 9.52. The van der Waals surface area contributed by atoms with Crippen molar-refractivity contribution in [2.75, 3.05) is 26.2 Å². The first-order chi connectivity index (χ1) is 6.36. The van der Waals surface area contributed by atoms with Gasteiger partial charge in [-0.25, -0.2) is 0 Å². The third-order valence-corrected chi connectivity index (χ3v) is 2.56. The van der Waals surface area contributed by atoms with Crippen molar-refractivity contribution in [3.05, 3.63) is 0 Å². The van der Waals surface area contributed by atoms with Crippen LogP contribution in [0.25, 0.3) is 0 Å². The van der Waals surface area contributed by atoms with Crippen molar-refractivity contribution < 1.29 is 0 Å². The number of nitrogens with zero attached hydrogens (tertiary/aromatic N) is 1. The molecule has 0 amide bonds. The minimum Gasteiger partial charge on any atom is -0.313 e. The molecule has 1 unspecified atom stereocenters. The molecule has 74 valence electrons. The topological polar surface area (TPSA) is 15.3 Å². The van der Waals surface area contributed by atoms with Gasteiger partial charge in [0.05, 0.1) is 0 Å². The van der Waals surface area contributed by atoms with Crippen LogP contribution in [0.4, 0.5) is 0 Å². The van der Waals surface area contributed by atoms with E-state index in [9.17, 15) is 0 Å². The SMILES string of the molecule is C#CCCCN1CCC(NCC)C1. The van der Waals surface area contributed by atoms with Crippen LogP contribution in [0.1, 0.15) is 26.2 Å². The molecule has 2 nitrogen and oxygen atoms in total. The Morgan fingerprint density at radius 1 is 1.62 bits per heavy atom. The highest BCUT2D eigenvalue weighted by molar-refractivity contribution is 4.85.